The van der Waals surface area contributed by atoms with Crippen LogP contribution in [0.3, 0.4) is 0 Å². The highest BCUT2D eigenvalue weighted by molar-refractivity contribution is 5.53. The van der Waals surface area contributed by atoms with E-state index in [4.69, 9.17) is 0 Å². The molecule has 0 rings (SSSR count). The predicted octanol–water partition coefficient (Wildman–Crippen LogP) is 2.46. The first-order valence-electron chi connectivity index (χ1n) is 4.01. The van der Waals surface area contributed by atoms with Crippen LogP contribution in [0.5, 0.6) is 0 Å². The molecule has 0 saturated carbocycles. The van der Waals surface area contributed by atoms with Crippen LogP contribution in [0.2, 0.25) is 0 Å². The Kier molecular flexibility index (Phi) is 5.27. The van der Waals surface area contributed by atoms with Crippen molar-refractivity contribution in [3.05, 3.63) is 6.42 Å². The van der Waals surface area contributed by atoms with Crippen LogP contribution in [0.15, 0.2) is 0 Å². The van der Waals surface area contributed by atoms with Gasteiger partial charge in [0.15, 0.2) is 0 Å². The van der Waals surface area contributed by atoms with Crippen molar-refractivity contribution in [3.8, 4) is 0 Å². The van der Waals surface area contributed by atoms with Crippen molar-refractivity contribution >= 4 is 6.29 Å². The maximum atomic E-state index is 10.3. The van der Waals surface area contributed by atoms with Gasteiger partial charge in [0.05, 0.1) is 0 Å². The predicted molar refractivity (Wildman–Crippen MR) is 43.6 cm³/mol. The molecule has 0 fully saturated rings. The minimum atomic E-state index is 0.187. The number of aldehydes is 1. The molecule has 0 aliphatic heterocycles. The highest BCUT2D eigenvalue weighted by Crippen LogP contribution is 2.14. The second-order valence-corrected chi connectivity index (χ2v) is 2.88. The highest BCUT2D eigenvalue weighted by atomic mass is 16.1. The Morgan fingerprint density at radius 1 is 1.30 bits per heavy atom. The molecule has 59 valence electrons. The quantitative estimate of drug-likeness (QED) is 0.537. The Morgan fingerprint density at radius 2 is 1.90 bits per heavy atom. The highest BCUT2D eigenvalue weighted by Gasteiger charge is 2.09. The third-order valence-electron chi connectivity index (χ3n) is 1.87. The second kappa shape index (κ2) is 5.45. The van der Waals surface area contributed by atoms with Crippen molar-refractivity contribution in [3.63, 3.8) is 0 Å². The van der Waals surface area contributed by atoms with Crippen molar-refractivity contribution in [1.29, 1.82) is 0 Å². The molecule has 1 heteroatoms. The molecule has 0 heterocycles. The third-order valence-corrected chi connectivity index (χ3v) is 1.87. The van der Waals surface area contributed by atoms with Gasteiger partial charge in [-0.1, -0.05) is 33.6 Å². The molecule has 0 aromatic rings. The molecule has 1 nitrogen and oxygen atoms in total. The SMILES string of the molecule is CCC[CH]C(C)C(C)C=O. The van der Waals surface area contributed by atoms with Crippen LogP contribution < -0.4 is 0 Å². The van der Waals surface area contributed by atoms with E-state index in [0.29, 0.717) is 5.92 Å². The molecule has 2 atom stereocenters. The Morgan fingerprint density at radius 3 is 2.30 bits per heavy atom. The zero-order valence-corrected chi connectivity index (χ0v) is 7.13. The molecule has 2 unspecified atom stereocenters. The molecular formula is C9H17O. The van der Waals surface area contributed by atoms with Gasteiger partial charge < -0.3 is 4.79 Å². The van der Waals surface area contributed by atoms with Crippen molar-refractivity contribution < 1.29 is 4.79 Å². The molecule has 0 aliphatic rings. The summed E-state index contributed by atoms with van der Waals surface area (Å²) in [6.45, 7) is 6.20. The summed E-state index contributed by atoms with van der Waals surface area (Å²) in [5, 5.41) is 0. The lowest BCUT2D eigenvalue weighted by Crippen LogP contribution is -2.09. The number of carbonyl (C=O) groups is 1. The molecule has 0 aromatic carbocycles. The van der Waals surface area contributed by atoms with E-state index >= 15 is 0 Å². The van der Waals surface area contributed by atoms with Crippen LogP contribution >= 0.6 is 0 Å². The number of hydrogen-bond donors (Lipinski definition) is 0. The van der Waals surface area contributed by atoms with Gasteiger partial charge in [0.2, 0.25) is 0 Å². The van der Waals surface area contributed by atoms with Crippen LogP contribution in [-0.2, 0) is 4.79 Å². The molecule has 0 saturated heterocycles. The molecule has 0 aromatic heterocycles. The average molecular weight is 141 g/mol. The zero-order chi connectivity index (χ0) is 7.98. The first-order valence-corrected chi connectivity index (χ1v) is 4.01. The summed E-state index contributed by atoms with van der Waals surface area (Å²) < 4.78 is 0. The first kappa shape index (κ1) is 9.67. The smallest absolute Gasteiger partial charge is 0.123 e. The summed E-state index contributed by atoms with van der Waals surface area (Å²) in [6.07, 6.45) is 5.55. The van der Waals surface area contributed by atoms with Crippen LogP contribution in [0.1, 0.15) is 33.6 Å². The fourth-order valence-corrected chi connectivity index (χ4v) is 0.768. The minimum absolute atomic E-state index is 0.187. The lowest BCUT2D eigenvalue weighted by Gasteiger charge is -2.12. The Hall–Kier alpha value is -0.330. The van der Waals surface area contributed by atoms with E-state index in [2.05, 4.69) is 20.3 Å². The van der Waals surface area contributed by atoms with Gasteiger partial charge >= 0.3 is 0 Å². The summed E-state index contributed by atoms with van der Waals surface area (Å²) in [6, 6.07) is 0. The van der Waals surface area contributed by atoms with Gasteiger partial charge in [-0.15, -0.1) is 0 Å². The lowest BCUT2D eigenvalue weighted by molar-refractivity contribution is -0.111. The van der Waals surface area contributed by atoms with Crippen molar-refractivity contribution in [2.75, 3.05) is 0 Å². The summed E-state index contributed by atoms with van der Waals surface area (Å²) in [5.41, 5.74) is 0. The van der Waals surface area contributed by atoms with E-state index < -0.39 is 0 Å². The molecule has 1 radical (unpaired) electrons. The summed E-state index contributed by atoms with van der Waals surface area (Å²) in [7, 11) is 0. The van der Waals surface area contributed by atoms with E-state index in [9.17, 15) is 4.79 Å². The maximum Gasteiger partial charge on any atom is 0.123 e. The van der Waals surface area contributed by atoms with Gasteiger partial charge in [-0.3, -0.25) is 0 Å². The zero-order valence-electron chi connectivity index (χ0n) is 7.13. The topological polar surface area (TPSA) is 17.1 Å². The molecule has 0 N–H and O–H groups in total. The molecule has 10 heavy (non-hydrogen) atoms. The maximum absolute atomic E-state index is 10.3. The summed E-state index contributed by atoms with van der Waals surface area (Å²) in [4.78, 5) is 10.3. The van der Waals surface area contributed by atoms with Crippen molar-refractivity contribution in [2.45, 2.75) is 33.6 Å². The van der Waals surface area contributed by atoms with Crippen molar-refractivity contribution in [1.82, 2.24) is 0 Å². The van der Waals surface area contributed by atoms with Gasteiger partial charge in [0.25, 0.3) is 0 Å². The Labute approximate surface area is 63.8 Å². The van der Waals surface area contributed by atoms with Crippen LogP contribution in [0.4, 0.5) is 0 Å². The van der Waals surface area contributed by atoms with Gasteiger partial charge in [0.1, 0.15) is 6.29 Å². The molecular weight excluding hydrogens is 124 g/mol. The number of hydrogen-bond acceptors (Lipinski definition) is 1. The monoisotopic (exact) mass is 141 g/mol. The van der Waals surface area contributed by atoms with Crippen LogP contribution in [-0.4, -0.2) is 6.29 Å². The Balaban J connectivity index is 3.40. The molecule has 0 bridgehead atoms. The van der Waals surface area contributed by atoms with Crippen LogP contribution in [0, 0.1) is 18.3 Å². The molecule has 0 spiro atoms. The fourth-order valence-electron chi connectivity index (χ4n) is 0.768. The van der Waals surface area contributed by atoms with Crippen molar-refractivity contribution in [2.24, 2.45) is 11.8 Å². The normalized spacial score (nSPS) is 16.3. The minimum Gasteiger partial charge on any atom is -0.303 e. The average Bonchev–Trinajstić information content (AvgIpc) is 1.98. The Bertz CT molecular complexity index is 88.7. The van der Waals surface area contributed by atoms with Gasteiger partial charge in [-0.25, -0.2) is 0 Å². The van der Waals surface area contributed by atoms with E-state index in [-0.39, 0.29) is 5.92 Å². The molecule has 0 aliphatic carbocycles. The van der Waals surface area contributed by atoms with Gasteiger partial charge in [-0.2, -0.15) is 0 Å². The third kappa shape index (κ3) is 3.65. The number of carbonyl (C=O) groups excluding carboxylic acids is 1. The first-order chi connectivity index (χ1) is 4.72. The molecule has 0 amide bonds. The summed E-state index contributed by atoms with van der Waals surface area (Å²) >= 11 is 0. The largest absolute Gasteiger partial charge is 0.303 e. The standard InChI is InChI=1S/C9H17O/c1-4-5-6-8(2)9(3)7-10/h6-9H,4-5H2,1-3H3. The number of rotatable bonds is 5. The van der Waals surface area contributed by atoms with E-state index in [1.165, 1.54) is 6.42 Å². The number of unbranched alkanes of at least 4 members (excludes halogenated alkanes) is 1. The van der Waals surface area contributed by atoms with Gasteiger partial charge in [-0.05, 0) is 12.3 Å². The van der Waals surface area contributed by atoms with E-state index in [0.717, 1.165) is 12.7 Å². The fraction of sp³-hybridized carbons (Fsp3) is 0.778. The van der Waals surface area contributed by atoms with E-state index in [1.807, 2.05) is 6.92 Å². The van der Waals surface area contributed by atoms with Crippen LogP contribution in [0.25, 0.3) is 0 Å². The second-order valence-electron chi connectivity index (χ2n) is 2.88. The van der Waals surface area contributed by atoms with E-state index in [1.54, 1.807) is 0 Å². The lowest BCUT2D eigenvalue weighted by atomic mass is 9.92. The summed E-state index contributed by atoms with van der Waals surface area (Å²) in [5.74, 6) is 0.629. The van der Waals surface area contributed by atoms with Gasteiger partial charge in [0, 0.05) is 5.92 Å².